The molecule has 0 N–H and O–H groups in total. The quantitative estimate of drug-likeness (QED) is 0.711. The van der Waals surface area contributed by atoms with Crippen LogP contribution in [0.3, 0.4) is 0 Å². The van der Waals surface area contributed by atoms with Crippen LogP contribution >= 0.6 is 0 Å². The van der Waals surface area contributed by atoms with E-state index in [0.29, 0.717) is 6.42 Å². The molecule has 100 valence electrons. The molecule has 0 aliphatic carbocycles. The smallest absolute Gasteiger partial charge is 0.166 e. The van der Waals surface area contributed by atoms with Gasteiger partial charge < -0.3 is 0 Å². The molecule has 0 saturated carbocycles. The molecule has 1 unspecified atom stereocenters. The SMILES string of the molecule is Cc1cc(C)c(C(=O)CC(C)C(C)(C)C)c(F)c1. The largest absolute Gasteiger partial charge is 0.294 e. The fourth-order valence-electron chi connectivity index (χ4n) is 1.96. The highest BCUT2D eigenvalue weighted by Gasteiger charge is 2.25. The first kappa shape index (κ1) is 14.9. The zero-order valence-corrected chi connectivity index (χ0v) is 12.2. The Hall–Kier alpha value is -1.18. The number of hydrogen-bond donors (Lipinski definition) is 0. The second-order valence-electron chi connectivity index (χ2n) is 6.33. The molecule has 18 heavy (non-hydrogen) atoms. The molecule has 1 aromatic rings. The van der Waals surface area contributed by atoms with E-state index in [-0.39, 0.29) is 22.7 Å². The number of aryl methyl sites for hydroxylation is 2. The summed E-state index contributed by atoms with van der Waals surface area (Å²) >= 11 is 0. The number of Topliss-reactive ketones (excluding diaryl/α,β-unsaturated/α-hetero) is 1. The summed E-state index contributed by atoms with van der Waals surface area (Å²) in [6.45, 7) is 12.0. The van der Waals surface area contributed by atoms with Gasteiger partial charge in [0, 0.05) is 6.42 Å². The molecule has 2 heteroatoms. The van der Waals surface area contributed by atoms with Crippen molar-refractivity contribution in [3.05, 3.63) is 34.6 Å². The van der Waals surface area contributed by atoms with Crippen LogP contribution in [0.5, 0.6) is 0 Å². The van der Waals surface area contributed by atoms with Crippen molar-refractivity contribution in [1.82, 2.24) is 0 Å². The number of halogens is 1. The number of carbonyl (C=O) groups is 1. The van der Waals surface area contributed by atoms with Gasteiger partial charge in [0.1, 0.15) is 5.82 Å². The highest BCUT2D eigenvalue weighted by molar-refractivity contribution is 5.97. The summed E-state index contributed by atoms with van der Waals surface area (Å²) in [7, 11) is 0. The fourth-order valence-corrected chi connectivity index (χ4v) is 1.96. The van der Waals surface area contributed by atoms with Crippen molar-refractivity contribution in [3.63, 3.8) is 0 Å². The number of hydrogen-bond acceptors (Lipinski definition) is 1. The molecule has 0 spiro atoms. The third-order valence-corrected chi connectivity index (χ3v) is 3.68. The number of benzene rings is 1. The van der Waals surface area contributed by atoms with Gasteiger partial charge in [-0.05, 0) is 42.4 Å². The van der Waals surface area contributed by atoms with E-state index in [1.807, 2.05) is 19.9 Å². The van der Waals surface area contributed by atoms with Crippen LogP contribution in [0.25, 0.3) is 0 Å². The molecule has 1 rings (SSSR count). The predicted octanol–water partition coefficient (Wildman–Crippen LogP) is 4.70. The maximum Gasteiger partial charge on any atom is 0.166 e. The van der Waals surface area contributed by atoms with Crippen LogP contribution in [0, 0.1) is 31.0 Å². The Labute approximate surface area is 109 Å². The lowest BCUT2D eigenvalue weighted by molar-refractivity contribution is 0.0922. The van der Waals surface area contributed by atoms with Crippen molar-refractivity contribution in [2.75, 3.05) is 0 Å². The molecule has 0 heterocycles. The van der Waals surface area contributed by atoms with E-state index in [4.69, 9.17) is 0 Å². The Kier molecular flexibility index (Phi) is 4.31. The summed E-state index contributed by atoms with van der Waals surface area (Å²) < 4.78 is 13.9. The van der Waals surface area contributed by atoms with Crippen LogP contribution in [0.2, 0.25) is 0 Å². The summed E-state index contributed by atoms with van der Waals surface area (Å²) in [5, 5.41) is 0. The average molecular weight is 250 g/mol. The van der Waals surface area contributed by atoms with E-state index >= 15 is 0 Å². The lowest BCUT2D eigenvalue weighted by Gasteiger charge is -2.26. The van der Waals surface area contributed by atoms with Crippen molar-refractivity contribution in [2.45, 2.75) is 48.0 Å². The van der Waals surface area contributed by atoms with Gasteiger partial charge in [0.15, 0.2) is 5.78 Å². The molecular weight excluding hydrogens is 227 g/mol. The Morgan fingerprint density at radius 2 is 1.83 bits per heavy atom. The molecule has 0 bridgehead atoms. The number of ketones is 1. The standard InChI is InChI=1S/C16H23FO/c1-10-7-11(2)15(13(17)8-10)14(18)9-12(3)16(4,5)6/h7-8,12H,9H2,1-6H3. The predicted molar refractivity (Wildman–Crippen MR) is 73.4 cm³/mol. The van der Waals surface area contributed by atoms with Gasteiger partial charge in [0.25, 0.3) is 0 Å². The third kappa shape index (κ3) is 3.41. The van der Waals surface area contributed by atoms with E-state index < -0.39 is 5.82 Å². The Bertz CT molecular complexity index is 432. The maximum atomic E-state index is 13.9. The first-order valence-corrected chi connectivity index (χ1v) is 6.43. The molecule has 1 aromatic carbocycles. The minimum Gasteiger partial charge on any atom is -0.294 e. The van der Waals surface area contributed by atoms with E-state index in [2.05, 4.69) is 20.8 Å². The summed E-state index contributed by atoms with van der Waals surface area (Å²) in [6.07, 6.45) is 0.393. The third-order valence-electron chi connectivity index (χ3n) is 3.68. The average Bonchev–Trinajstić information content (AvgIpc) is 2.13. The van der Waals surface area contributed by atoms with E-state index in [1.54, 1.807) is 6.92 Å². The van der Waals surface area contributed by atoms with Crippen molar-refractivity contribution in [1.29, 1.82) is 0 Å². The highest BCUT2D eigenvalue weighted by Crippen LogP contribution is 2.30. The van der Waals surface area contributed by atoms with Crippen LogP contribution in [0.4, 0.5) is 4.39 Å². The maximum absolute atomic E-state index is 13.9. The van der Waals surface area contributed by atoms with Gasteiger partial charge in [-0.15, -0.1) is 0 Å². The summed E-state index contributed by atoms with van der Waals surface area (Å²) in [6, 6.07) is 3.29. The van der Waals surface area contributed by atoms with E-state index in [9.17, 15) is 9.18 Å². The molecular formula is C16H23FO. The van der Waals surface area contributed by atoms with Crippen LogP contribution in [-0.2, 0) is 0 Å². The molecule has 0 fully saturated rings. The van der Waals surface area contributed by atoms with Gasteiger partial charge in [-0.3, -0.25) is 4.79 Å². The second kappa shape index (κ2) is 5.21. The minimum atomic E-state index is -0.390. The van der Waals surface area contributed by atoms with Crippen molar-refractivity contribution >= 4 is 5.78 Å². The Balaban J connectivity index is 2.99. The molecule has 0 radical (unpaired) electrons. The lowest BCUT2D eigenvalue weighted by Crippen LogP contribution is -2.21. The fraction of sp³-hybridized carbons (Fsp3) is 0.562. The summed E-state index contributed by atoms with van der Waals surface area (Å²) in [5.74, 6) is -0.254. The van der Waals surface area contributed by atoms with Gasteiger partial charge >= 0.3 is 0 Å². The van der Waals surface area contributed by atoms with Crippen LogP contribution in [0.15, 0.2) is 12.1 Å². The van der Waals surface area contributed by atoms with Gasteiger partial charge in [-0.2, -0.15) is 0 Å². The lowest BCUT2D eigenvalue weighted by atomic mass is 9.78. The van der Waals surface area contributed by atoms with Crippen molar-refractivity contribution in [2.24, 2.45) is 11.3 Å². The highest BCUT2D eigenvalue weighted by atomic mass is 19.1. The molecule has 0 amide bonds. The Morgan fingerprint density at radius 1 is 1.28 bits per heavy atom. The minimum absolute atomic E-state index is 0.0603. The second-order valence-corrected chi connectivity index (χ2v) is 6.33. The van der Waals surface area contributed by atoms with Gasteiger partial charge in [-0.1, -0.05) is 33.8 Å². The van der Waals surface area contributed by atoms with Gasteiger partial charge in [0.2, 0.25) is 0 Å². The zero-order valence-electron chi connectivity index (χ0n) is 12.2. The number of carbonyl (C=O) groups excluding carboxylic acids is 1. The monoisotopic (exact) mass is 250 g/mol. The number of rotatable bonds is 3. The first-order valence-electron chi connectivity index (χ1n) is 6.43. The first-order chi connectivity index (χ1) is 8.12. The van der Waals surface area contributed by atoms with E-state index in [1.165, 1.54) is 6.07 Å². The molecule has 1 nitrogen and oxygen atoms in total. The van der Waals surface area contributed by atoms with Crippen molar-refractivity contribution < 1.29 is 9.18 Å². The normalized spacial score (nSPS) is 13.5. The summed E-state index contributed by atoms with van der Waals surface area (Å²) in [4.78, 5) is 12.2. The van der Waals surface area contributed by atoms with E-state index in [0.717, 1.165) is 11.1 Å². The Morgan fingerprint density at radius 3 is 2.28 bits per heavy atom. The molecule has 0 aliphatic rings. The molecule has 0 aliphatic heterocycles. The topological polar surface area (TPSA) is 17.1 Å². The zero-order chi connectivity index (χ0) is 14.1. The van der Waals surface area contributed by atoms with Crippen molar-refractivity contribution in [3.8, 4) is 0 Å². The van der Waals surface area contributed by atoms with Gasteiger partial charge in [0.05, 0.1) is 5.56 Å². The summed E-state index contributed by atoms with van der Waals surface area (Å²) in [5.41, 5.74) is 1.91. The van der Waals surface area contributed by atoms with Gasteiger partial charge in [-0.25, -0.2) is 4.39 Å². The van der Waals surface area contributed by atoms with Crippen LogP contribution in [-0.4, -0.2) is 5.78 Å². The van der Waals surface area contributed by atoms with Crippen LogP contribution < -0.4 is 0 Å². The van der Waals surface area contributed by atoms with Crippen LogP contribution in [0.1, 0.15) is 55.6 Å². The molecule has 1 atom stereocenters. The molecule has 0 aromatic heterocycles. The molecule has 0 saturated heterocycles.